The normalized spacial score (nSPS) is 12.2. The van der Waals surface area contributed by atoms with Gasteiger partial charge in [-0.1, -0.05) is 12.1 Å². The molecule has 0 aliphatic heterocycles. The van der Waals surface area contributed by atoms with Crippen LogP contribution in [-0.2, 0) is 0 Å². The molecule has 3 heteroatoms. The van der Waals surface area contributed by atoms with Gasteiger partial charge in [-0.15, -0.1) is 0 Å². The predicted molar refractivity (Wildman–Crippen MR) is 80.6 cm³/mol. The third-order valence-electron chi connectivity index (χ3n) is 3.65. The SMILES string of the molecule is CNC(C)c1ccc(F)c(-c2ccc(OC)cc2C)c1. The molecule has 0 fully saturated rings. The fourth-order valence-corrected chi connectivity index (χ4v) is 2.25. The van der Waals surface area contributed by atoms with Crippen molar-refractivity contribution in [3.05, 3.63) is 53.3 Å². The van der Waals surface area contributed by atoms with Crippen molar-refractivity contribution in [1.82, 2.24) is 5.32 Å². The van der Waals surface area contributed by atoms with E-state index in [1.165, 1.54) is 6.07 Å². The molecule has 0 aromatic heterocycles. The van der Waals surface area contributed by atoms with Gasteiger partial charge in [0.1, 0.15) is 11.6 Å². The molecular weight excluding hydrogens is 253 g/mol. The van der Waals surface area contributed by atoms with E-state index in [4.69, 9.17) is 4.74 Å². The Kier molecular flexibility index (Phi) is 4.40. The van der Waals surface area contributed by atoms with Crippen LogP contribution < -0.4 is 10.1 Å². The lowest BCUT2D eigenvalue weighted by Crippen LogP contribution is -2.12. The van der Waals surface area contributed by atoms with E-state index < -0.39 is 0 Å². The van der Waals surface area contributed by atoms with Crippen molar-refractivity contribution in [3.63, 3.8) is 0 Å². The Morgan fingerprint density at radius 3 is 2.45 bits per heavy atom. The van der Waals surface area contributed by atoms with Gasteiger partial charge >= 0.3 is 0 Å². The first-order chi connectivity index (χ1) is 9.56. The second-order valence-electron chi connectivity index (χ2n) is 4.93. The highest BCUT2D eigenvalue weighted by molar-refractivity contribution is 5.69. The summed E-state index contributed by atoms with van der Waals surface area (Å²) in [5.41, 5.74) is 3.59. The summed E-state index contributed by atoms with van der Waals surface area (Å²) in [7, 11) is 3.52. The molecule has 0 radical (unpaired) electrons. The first-order valence-corrected chi connectivity index (χ1v) is 6.68. The number of halogens is 1. The van der Waals surface area contributed by atoms with Crippen LogP contribution in [0.2, 0.25) is 0 Å². The number of nitrogens with one attached hydrogen (secondary N) is 1. The summed E-state index contributed by atoms with van der Waals surface area (Å²) >= 11 is 0. The van der Waals surface area contributed by atoms with Gasteiger partial charge in [0.25, 0.3) is 0 Å². The Labute approximate surface area is 119 Å². The molecule has 2 aromatic rings. The van der Waals surface area contributed by atoms with Crippen LogP contribution in [0, 0.1) is 12.7 Å². The average molecular weight is 273 g/mol. The third-order valence-corrected chi connectivity index (χ3v) is 3.65. The van der Waals surface area contributed by atoms with E-state index in [-0.39, 0.29) is 11.9 Å². The molecule has 2 aromatic carbocycles. The molecule has 2 nitrogen and oxygen atoms in total. The molecule has 106 valence electrons. The molecule has 0 aliphatic rings. The van der Waals surface area contributed by atoms with Crippen molar-refractivity contribution in [1.29, 1.82) is 0 Å². The zero-order valence-electron chi connectivity index (χ0n) is 12.3. The Morgan fingerprint density at radius 2 is 1.85 bits per heavy atom. The smallest absolute Gasteiger partial charge is 0.131 e. The fourth-order valence-electron chi connectivity index (χ4n) is 2.25. The molecule has 0 bridgehead atoms. The second kappa shape index (κ2) is 6.06. The molecule has 1 unspecified atom stereocenters. The Balaban J connectivity index is 2.51. The lowest BCUT2D eigenvalue weighted by Gasteiger charge is -2.14. The minimum Gasteiger partial charge on any atom is -0.497 e. The summed E-state index contributed by atoms with van der Waals surface area (Å²) in [6.07, 6.45) is 0. The number of hydrogen-bond donors (Lipinski definition) is 1. The molecule has 0 spiro atoms. The number of rotatable bonds is 4. The Hall–Kier alpha value is -1.87. The van der Waals surface area contributed by atoms with Crippen molar-refractivity contribution in [2.45, 2.75) is 19.9 Å². The first-order valence-electron chi connectivity index (χ1n) is 6.68. The van der Waals surface area contributed by atoms with Gasteiger partial charge in [-0.25, -0.2) is 4.39 Å². The van der Waals surface area contributed by atoms with Crippen LogP contribution in [0.3, 0.4) is 0 Å². The van der Waals surface area contributed by atoms with Gasteiger partial charge < -0.3 is 10.1 Å². The summed E-state index contributed by atoms with van der Waals surface area (Å²) in [5, 5.41) is 3.17. The van der Waals surface area contributed by atoms with E-state index in [0.29, 0.717) is 5.56 Å². The van der Waals surface area contributed by atoms with E-state index in [9.17, 15) is 4.39 Å². The lowest BCUT2D eigenvalue weighted by molar-refractivity contribution is 0.414. The molecule has 2 rings (SSSR count). The minimum absolute atomic E-state index is 0.188. The van der Waals surface area contributed by atoms with Crippen LogP contribution in [0.1, 0.15) is 24.1 Å². The van der Waals surface area contributed by atoms with E-state index in [2.05, 4.69) is 12.2 Å². The van der Waals surface area contributed by atoms with Crippen LogP contribution in [0.15, 0.2) is 36.4 Å². The molecule has 0 saturated carbocycles. The molecule has 1 N–H and O–H groups in total. The Bertz CT molecular complexity index is 610. The van der Waals surface area contributed by atoms with Gasteiger partial charge in [-0.2, -0.15) is 0 Å². The molecule has 0 heterocycles. The second-order valence-corrected chi connectivity index (χ2v) is 4.93. The molecule has 0 saturated heterocycles. The topological polar surface area (TPSA) is 21.3 Å². The number of aryl methyl sites for hydroxylation is 1. The van der Waals surface area contributed by atoms with Crippen molar-refractivity contribution in [2.75, 3.05) is 14.2 Å². The van der Waals surface area contributed by atoms with Crippen LogP contribution in [-0.4, -0.2) is 14.2 Å². The summed E-state index contributed by atoms with van der Waals surface area (Å²) < 4.78 is 19.3. The predicted octanol–water partition coefficient (Wildman–Crippen LogP) is 4.09. The van der Waals surface area contributed by atoms with Gasteiger partial charge in [0.15, 0.2) is 0 Å². The highest BCUT2D eigenvalue weighted by Gasteiger charge is 2.12. The monoisotopic (exact) mass is 273 g/mol. The van der Waals surface area contributed by atoms with E-state index in [0.717, 1.165) is 22.4 Å². The molecular formula is C17H20FNO. The zero-order valence-corrected chi connectivity index (χ0v) is 12.3. The van der Waals surface area contributed by atoms with E-state index in [1.54, 1.807) is 7.11 Å². The number of ether oxygens (including phenoxy) is 1. The van der Waals surface area contributed by atoms with Crippen LogP contribution in [0.25, 0.3) is 11.1 Å². The standard InChI is InChI=1S/C17H20FNO/c1-11-9-14(20-4)6-7-15(11)16-10-13(12(2)19-3)5-8-17(16)18/h5-10,12,19H,1-4H3. The third kappa shape index (κ3) is 2.83. The van der Waals surface area contributed by atoms with Crippen LogP contribution in [0.4, 0.5) is 4.39 Å². The maximum absolute atomic E-state index is 14.1. The van der Waals surface area contributed by atoms with Gasteiger partial charge in [-0.05, 0) is 61.9 Å². The zero-order chi connectivity index (χ0) is 14.7. The quantitative estimate of drug-likeness (QED) is 0.906. The van der Waals surface area contributed by atoms with E-state index >= 15 is 0 Å². The number of hydrogen-bond acceptors (Lipinski definition) is 2. The maximum atomic E-state index is 14.1. The molecule has 20 heavy (non-hydrogen) atoms. The number of benzene rings is 2. The van der Waals surface area contributed by atoms with Crippen molar-refractivity contribution >= 4 is 0 Å². The van der Waals surface area contributed by atoms with Crippen molar-refractivity contribution in [2.24, 2.45) is 0 Å². The fraction of sp³-hybridized carbons (Fsp3) is 0.294. The highest BCUT2D eigenvalue weighted by atomic mass is 19.1. The summed E-state index contributed by atoms with van der Waals surface area (Å²) in [4.78, 5) is 0. The van der Waals surface area contributed by atoms with Crippen molar-refractivity contribution < 1.29 is 9.13 Å². The van der Waals surface area contributed by atoms with Crippen LogP contribution in [0.5, 0.6) is 5.75 Å². The number of methoxy groups -OCH3 is 1. The van der Waals surface area contributed by atoms with Crippen molar-refractivity contribution in [3.8, 4) is 16.9 Å². The van der Waals surface area contributed by atoms with Crippen LogP contribution >= 0.6 is 0 Å². The first kappa shape index (κ1) is 14.5. The summed E-state index contributed by atoms with van der Waals surface area (Å²) in [6.45, 7) is 4.02. The molecule has 0 amide bonds. The largest absolute Gasteiger partial charge is 0.497 e. The van der Waals surface area contributed by atoms with E-state index in [1.807, 2.05) is 44.3 Å². The average Bonchev–Trinajstić information content (AvgIpc) is 2.47. The molecule has 1 atom stereocenters. The van der Waals surface area contributed by atoms with Gasteiger partial charge in [-0.3, -0.25) is 0 Å². The maximum Gasteiger partial charge on any atom is 0.131 e. The highest BCUT2D eigenvalue weighted by Crippen LogP contribution is 2.30. The summed E-state index contributed by atoms with van der Waals surface area (Å²) in [5.74, 6) is 0.580. The van der Waals surface area contributed by atoms with Gasteiger partial charge in [0.05, 0.1) is 7.11 Å². The molecule has 0 aliphatic carbocycles. The van der Waals surface area contributed by atoms with Gasteiger partial charge in [0.2, 0.25) is 0 Å². The Morgan fingerprint density at radius 1 is 1.10 bits per heavy atom. The summed E-state index contributed by atoms with van der Waals surface area (Å²) in [6, 6.07) is 11.1. The van der Waals surface area contributed by atoms with Gasteiger partial charge in [0, 0.05) is 11.6 Å². The lowest BCUT2D eigenvalue weighted by atomic mass is 9.96. The minimum atomic E-state index is -0.203.